The Morgan fingerprint density at radius 1 is 1.14 bits per heavy atom. The number of methoxy groups -OCH3 is 1. The van der Waals surface area contributed by atoms with E-state index in [1.165, 1.54) is 12.7 Å². The van der Waals surface area contributed by atoms with E-state index in [0.29, 0.717) is 13.1 Å². The van der Waals surface area contributed by atoms with Crippen LogP contribution in [-0.4, -0.2) is 69.8 Å². The van der Waals surface area contributed by atoms with Crippen LogP contribution in [0.2, 0.25) is 0 Å². The summed E-state index contributed by atoms with van der Waals surface area (Å²) in [5.74, 6) is 0.0669. The van der Waals surface area contributed by atoms with Crippen molar-refractivity contribution in [3.8, 4) is 0 Å². The number of piperazine rings is 1. The van der Waals surface area contributed by atoms with E-state index in [4.69, 9.17) is 4.74 Å². The molecule has 0 amide bonds. The molecule has 0 radical (unpaired) electrons. The molecular weight excluding hydrogens is 300 g/mol. The summed E-state index contributed by atoms with van der Waals surface area (Å²) in [7, 11) is -1.65. The van der Waals surface area contributed by atoms with Gasteiger partial charge in [-0.15, -0.1) is 0 Å². The van der Waals surface area contributed by atoms with Gasteiger partial charge in [0, 0.05) is 39.8 Å². The Morgan fingerprint density at radius 3 is 2.45 bits per heavy atom. The van der Waals surface area contributed by atoms with Crippen LogP contribution < -0.4 is 0 Å². The van der Waals surface area contributed by atoms with Crippen LogP contribution in [-0.2, 0) is 14.8 Å². The maximum absolute atomic E-state index is 12.1. The second-order valence-corrected chi connectivity index (χ2v) is 7.41. The normalized spacial score (nSPS) is 18.0. The minimum absolute atomic E-state index is 0.0669. The lowest BCUT2D eigenvalue weighted by atomic mass is 10.2. The molecule has 1 fully saturated rings. The Morgan fingerprint density at radius 2 is 1.82 bits per heavy atom. The summed E-state index contributed by atoms with van der Waals surface area (Å²) >= 11 is 0. The fraction of sp³-hybridized carbons (Fsp3) is 0.500. The van der Waals surface area contributed by atoms with Crippen LogP contribution in [0.25, 0.3) is 6.08 Å². The van der Waals surface area contributed by atoms with Crippen LogP contribution in [0.4, 0.5) is 0 Å². The van der Waals surface area contributed by atoms with E-state index in [2.05, 4.69) is 29.2 Å². The van der Waals surface area contributed by atoms with Crippen molar-refractivity contribution < 1.29 is 13.2 Å². The van der Waals surface area contributed by atoms with Gasteiger partial charge < -0.3 is 4.74 Å². The van der Waals surface area contributed by atoms with Crippen molar-refractivity contribution in [3.05, 3.63) is 42.0 Å². The van der Waals surface area contributed by atoms with Gasteiger partial charge in [-0.2, -0.15) is 4.31 Å². The molecule has 0 atom stereocenters. The quantitative estimate of drug-likeness (QED) is 0.758. The summed E-state index contributed by atoms with van der Waals surface area (Å²) in [5.41, 5.74) is 1.18. The van der Waals surface area contributed by atoms with Gasteiger partial charge in [-0.05, 0) is 5.56 Å². The maximum Gasteiger partial charge on any atom is 0.216 e. The lowest BCUT2D eigenvalue weighted by Gasteiger charge is -2.33. The minimum atomic E-state index is -3.17. The molecule has 1 aliphatic heterocycles. The average Bonchev–Trinajstić information content (AvgIpc) is 2.54. The molecule has 1 heterocycles. The highest BCUT2D eigenvalue weighted by Gasteiger charge is 2.25. The summed E-state index contributed by atoms with van der Waals surface area (Å²) < 4.78 is 30.6. The summed E-state index contributed by atoms with van der Waals surface area (Å²) in [6, 6.07) is 10.2. The Balaban J connectivity index is 1.76. The molecule has 1 aromatic rings. The summed E-state index contributed by atoms with van der Waals surface area (Å²) in [4.78, 5) is 2.27. The number of nitrogens with zero attached hydrogens (tertiary/aromatic N) is 2. The van der Waals surface area contributed by atoms with Gasteiger partial charge in [-0.25, -0.2) is 8.42 Å². The molecule has 0 aliphatic carbocycles. The maximum atomic E-state index is 12.1. The first-order valence-corrected chi connectivity index (χ1v) is 9.13. The van der Waals surface area contributed by atoms with Gasteiger partial charge in [0.15, 0.2) is 0 Å². The Kier molecular flexibility index (Phi) is 6.57. The van der Waals surface area contributed by atoms with E-state index in [-0.39, 0.29) is 12.4 Å². The predicted octanol–water partition coefficient (Wildman–Crippen LogP) is 1.29. The van der Waals surface area contributed by atoms with E-state index in [9.17, 15) is 8.42 Å². The zero-order valence-corrected chi connectivity index (χ0v) is 13.8. The Labute approximate surface area is 133 Å². The molecule has 1 aliphatic rings. The van der Waals surface area contributed by atoms with Gasteiger partial charge >= 0.3 is 0 Å². The van der Waals surface area contributed by atoms with Gasteiger partial charge in [0.2, 0.25) is 10.0 Å². The van der Waals surface area contributed by atoms with Gasteiger partial charge in [0.05, 0.1) is 12.4 Å². The number of rotatable bonds is 7. The smallest absolute Gasteiger partial charge is 0.216 e. The van der Waals surface area contributed by atoms with Gasteiger partial charge in [-0.1, -0.05) is 42.5 Å². The highest BCUT2D eigenvalue weighted by Crippen LogP contribution is 2.09. The third-order valence-electron chi connectivity index (χ3n) is 3.74. The van der Waals surface area contributed by atoms with Crippen molar-refractivity contribution in [3.63, 3.8) is 0 Å². The molecule has 6 heteroatoms. The van der Waals surface area contributed by atoms with E-state index >= 15 is 0 Å². The molecule has 5 nitrogen and oxygen atoms in total. The molecule has 122 valence electrons. The lowest BCUT2D eigenvalue weighted by molar-refractivity contribution is 0.197. The predicted molar refractivity (Wildman–Crippen MR) is 89.2 cm³/mol. The highest BCUT2D eigenvalue weighted by molar-refractivity contribution is 7.89. The van der Waals surface area contributed by atoms with Crippen LogP contribution >= 0.6 is 0 Å². The number of ether oxygens (including phenoxy) is 1. The molecule has 0 bridgehead atoms. The van der Waals surface area contributed by atoms with Gasteiger partial charge in [0.1, 0.15) is 0 Å². The number of sulfonamides is 1. The molecule has 0 spiro atoms. The second-order valence-electron chi connectivity index (χ2n) is 5.32. The van der Waals surface area contributed by atoms with Crippen molar-refractivity contribution in [2.45, 2.75) is 0 Å². The second kappa shape index (κ2) is 8.43. The fourth-order valence-corrected chi connectivity index (χ4v) is 3.77. The summed E-state index contributed by atoms with van der Waals surface area (Å²) in [6.45, 7) is 3.76. The fourth-order valence-electron chi connectivity index (χ4n) is 2.41. The van der Waals surface area contributed by atoms with Gasteiger partial charge in [-0.3, -0.25) is 4.90 Å². The number of hydrogen-bond acceptors (Lipinski definition) is 4. The topological polar surface area (TPSA) is 49.9 Å². The Bertz CT molecular complexity index is 564. The number of hydrogen-bond donors (Lipinski definition) is 0. The monoisotopic (exact) mass is 324 g/mol. The zero-order valence-electron chi connectivity index (χ0n) is 13.0. The van der Waals surface area contributed by atoms with Crippen LogP contribution in [0.3, 0.4) is 0 Å². The van der Waals surface area contributed by atoms with Crippen molar-refractivity contribution in [2.24, 2.45) is 0 Å². The molecule has 0 N–H and O–H groups in total. The van der Waals surface area contributed by atoms with Crippen LogP contribution in [0.1, 0.15) is 5.56 Å². The van der Waals surface area contributed by atoms with E-state index in [1.54, 1.807) is 4.31 Å². The first kappa shape index (κ1) is 17.1. The molecule has 1 saturated heterocycles. The molecular formula is C16H24N2O3S. The highest BCUT2D eigenvalue weighted by atomic mass is 32.2. The largest absolute Gasteiger partial charge is 0.384 e. The third kappa shape index (κ3) is 5.21. The van der Waals surface area contributed by atoms with Crippen LogP contribution in [0.15, 0.2) is 36.4 Å². The van der Waals surface area contributed by atoms with Gasteiger partial charge in [0.25, 0.3) is 0 Å². The van der Waals surface area contributed by atoms with E-state index in [0.717, 1.165) is 19.6 Å². The SMILES string of the molecule is COCCS(=O)(=O)N1CCN(C/C=C/c2ccccc2)CC1. The third-order valence-corrected chi connectivity index (χ3v) is 5.58. The lowest BCUT2D eigenvalue weighted by Crippen LogP contribution is -2.49. The van der Waals surface area contributed by atoms with Crippen molar-refractivity contribution in [2.75, 3.05) is 52.2 Å². The van der Waals surface area contributed by atoms with Crippen molar-refractivity contribution in [1.82, 2.24) is 9.21 Å². The van der Waals surface area contributed by atoms with Crippen molar-refractivity contribution >= 4 is 16.1 Å². The summed E-state index contributed by atoms with van der Waals surface area (Å²) in [6.07, 6.45) is 4.23. The zero-order chi connectivity index (χ0) is 15.8. The molecule has 1 aromatic carbocycles. The molecule has 22 heavy (non-hydrogen) atoms. The van der Waals surface area contributed by atoms with E-state index in [1.807, 2.05) is 18.2 Å². The van der Waals surface area contributed by atoms with Crippen LogP contribution in [0.5, 0.6) is 0 Å². The molecule has 0 saturated carbocycles. The van der Waals surface area contributed by atoms with Crippen LogP contribution in [0, 0.1) is 0 Å². The first-order chi connectivity index (χ1) is 10.6. The standard InChI is InChI=1S/C16H24N2O3S/c1-21-14-15-22(19,20)18-12-10-17(11-13-18)9-5-8-16-6-3-2-4-7-16/h2-8H,9-15H2,1H3/b8-5+. The average molecular weight is 324 g/mol. The van der Waals surface area contributed by atoms with Crippen molar-refractivity contribution in [1.29, 1.82) is 0 Å². The Hall–Kier alpha value is -1.21. The minimum Gasteiger partial charge on any atom is -0.384 e. The molecule has 0 aromatic heterocycles. The number of benzene rings is 1. The summed E-state index contributed by atoms with van der Waals surface area (Å²) in [5, 5.41) is 0. The first-order valence-electron chi connectivity index (χ1n) is 7.52. The molecule has 0 unspecified atom stereocenters. The molecule has 2 rings (SSSR count). The van der Waals surface area contributed by atoms with E-state index < -0.39 is 10.0 Å².